The van der Waals surface area contributed by atoms with E-state index in [4.69, 9.17) is 0 Å². The number of hydrogen-bond donors (Lipinski definition) is 2. The Morgan fingerprint density at radius 3 is 2.19 bits per heavy atom. The van der Waals surface area contributed by atoms with E-state index < -0.39 is 26.9 Å². The molecule has 4 rings (SSSR count). The zero-order chi connectivity index (χ0) is 22.9. The van der Waals surface area contributed by atoms with Gasteiger partial charge in [0.15, 0.2) is 0 Å². The maximum atomic E-state index is 13.4. The summed E-state index contributed by atoms with van der Waals surface area (Å²) in [6, 6.07) is 11.3. The average molecular weight is 460 g/mol. The summed E-state index contributed by atoms with van der Waals surface area (Å²) in [6.45, 7) is 0.228. The first-order valence-electron chi connectivity index (χ1n) is 10.6. The standard InChI is InChI=1S/C22H25N3O6S/c26-22(23-27)21-20-4-2-1-3-17(20)13-14-24(21)32(30,31)19-11-7-16(8-12-19)15-5-9-18(10-6-15)25(28)29/h5-12,17,20-21,27H,1-4,13-14H2,(H,23,26). The van der Waals surface area contributed by atoms with E-state index in [1.54, 1.807) is 29.7 Å². The normalized spacial score (nSPS) is 23.8. The fraction of sp³-hybridized carbons (Fsp3) is 0.409. The lowest BCUT2D eigenvalue weighted by atomic mass is 9.71. The van der Waals surface area contributed by atoms with Crippen molar-refractivity contribution in [2.24, 2.45) is 11.8 Å². The van der Waals surface area contributed by atoms with Crippen LogP contribution in [0.2, 0.25) is 0 Å². The lowest BCUT2D eigenvalue weighted by molar-refractivity contribution is -0.384. The number of hydroxylamine groups is 1. The number of amides is 1. The molecule has 1 amide bonds. The van der Waals surface area contributed by atoms with Crippen molar-refractivity contribution in [3.63, 3.8) is 0 Å². The van der Waals surface area contributed by atoms with E-state index in [-0.39, 0.29) is 29.0 Å². The van der Waals surface area contributed by atoms with Gasteiger partial charge in [-0.2, -0.15) is 4.31 Å². The minimum atomic E-state index is -3.96. The molecule has 32 heavy (non-hydrogen) atoms. The molecule has 2 aliphatic rings. The van der Waals surface area contributed by atoms with Crippen molar-refractivity contribution in [2.75, 3.05) is 6.54 Å². The fourth-order valence-corrected chi connectivity index (χ4v) is 6.70. The van der Waals surface area contributed by atoms with E-state index in [2.05, 4.69) is 0 Å². The highest BCUT2D eigenvalue weighted by atomic mass is 32.2. The van der Waals surface area contributed by atoms with Crippen molar-refractivity contribution < 1.29 is 23.3 Å². The number of fused-ring (bicyclic) bond motifs is 1. The van der Waals surface area contributed by atoms with E-state index in [1.807, 2.05) is 0 Å². The minimum Gasteiger partial charge on any atom is -0.289 e. The highest BCUT2D eigenvalue weighted by Gasteiger charge is 2.47. The molecule has 2 aromatic rings. The summed E-state index contributed by atoms with van der Waals surface area (Å²) in [6.07, 6.45) is 4.44. The molecule has 2 N–H and O–H groups in total. The van der Waals surface area contributed by atoms with Gasteiger partial charge in [0.05, 0.1) is 9.82 Å². The van der Waals surface area contributed by atoms with Gasteiger partial charge in [-0.15, -0.1) is 0 Å². The predicted molar refractivity (Wildman–Crippen MR) is 116 cm³/mol. The van der Waals surface area contributed by atoms with Gasteiger partial charge in [0.1, 0.15) is 6.04 Å². The second kappa shape index (κ2) is 8.97. The number of piperidine rings is 1. The number of rotatable bonds is 5. The lowest BCUT2D eigenvalue weighted by Crippen LogP contribution is -2.58. The molecule has 10 heteroatoms. The first-order valence-corrected chi connectivity index (χ1v) is 12.1. The molecule has 1 saturated carbocycles. The van der Waals surface area contributed by atoms with Crippen LogP contribution in [0, 0.1) is 22.0 Å². The predicted octanol–water partition coefficient (Wildman–Crippen LogP) is 3.34. The first kappa shape index (κ1) is 22.4. The highest BCUT2D eigenvalue weighted by Crippen LogP contribution is 2.42. The summed E-state index contributed by atoms with van der Waals surface area (Å²) in [4.78, 5) is 22.9. The van der Waals surface area contributed by atoms with Crippen molar-refractivity contribution in [3.05, 3.63) is 58.6 Å². The van der Waals surface area contributed by atoms with Crippen molar-refractivity contribution in [1.82, 2.24) is 9.79 Å². The Hall–Kier alpha value is -2.82. The van der Waals surface area contributed by atoms with Crippen LogP contribution in [-0.4, -0.2) is 41.3 Å². The van der Waals surface area contributed by atoms with Gasteiger partial charge < -0.3 is 0 Å². The number of nitrogens with zero attached hydrogens (tertiary/aromatic N) is 2. The largest absolute Gasteiger partial charge is 0.289 e. The Bertz CT molecular complexity index is 1100. The molecular formula is C22H25N3O6S. The number of nitro benzene ring substituents is 1. The van der Waals surface area contributed by atoms with Crippen LogP contribution in [0.25, 0.3) is 11.1 Å². The maximum Gasteiger partial charge on any atom is 0.269 e. The summed E-state index contributed by atoms with van der Waals surface area (Å²) in [5.41, 5.74) is 3.09. The highest BCUT2D eigenvalue weighted by molar-refractivity contribution is 7.89. The molecule has 0 bridgehead atoms. The van der Waals surface area contributed by atoms with Gasteiger partial charge >= 0.3 is 0 Å². The number of nitrogens with one attached hydrogen (secondary N) is 1. The maximum absolute atomic E-state index is 13.4. The molecule has 1 aliphatic carbocycles. The van der Waals surface area contributed by atoms with Crippen LogP contribution in [-0.2, 0) is 14.8 Å². The number of hydrogen-bond acceptors (Lipinski definition) is 6. The Balaban J connectivity index is 1.61. The van der Waals surface area contributed by atoms with E-state index in [9.17, 15) is 28.5 Å². The summed E-state index contributed by atoms with van der Waals surface area (Å²) >= 11 is 0. The van der Waals surface area contributed by atoms with E-state index in [0.717, 1.165) is 36.8 Å². The third-order valence-electron chi connectivity index (χ3n) is 6.66. The summed E-state index contributed by atoms with van der Waals surface area (Å²) in [7, 11) is -3.96. The van der Waals surface area contributed by atoms with Gasteiger partial charge in [-0.3, -0.25) is 20.1 Å². The fourth-order valence-electron chi connectivity index (χ4n) is 5.05. The van der Waals surface area contributed by atoms with Crippen LogP contribution in [0.3, 0.4) is 0 Å². The molecule has 0 spiro atoms. The first-order chi connectivity index (χ1) is 15.3. The van der Waals surface area contributed by atoms with E-state index in [0.29, 0.717) is 6.42 Å². The molecule has 0 radical (unpaired) electrons. The topological polar surface area (TPSA) is 130 Å². The SMILES string of the molecule is O=C(NO)C1C2CCCCC2CCN1S(=O)(=O)c1ccc(-c2ccc([N+](=O)[O-])cc2)cc1. The van der Waals surface area contributed by atoms with E-state index in [1.165, 1.54) is 28.6 Å². The van der Waals surface area contributed by atoms with Crippen LogP contribution in [0.15, 0.2) is 53.4 Å². The molecular weight excluding hydrogens is 434 g/mol. The number of sulfonamides is 1. The molecule has 170 valence electrons. The van der Waals surface area contributed by atoms with E-state index >= 15 is 0 Å². The van der Waals surface area contributed by atoms with Gasteiger partial charge in [0.2, 0.25) is 10.0 Å². The summed E-state index contributed by atoms with van der Waals surface area (Å²) < 4.78 is 28.1. The van der Waals surface area contributed by atoms with Crippen molar-refractivity contribution >= 4 is 21.6 Å². The van der Waals surface area contributed by atoms with Gasteiger partial charge in [-0.25, -0.2) is 13.9 Å². The number of benzene rings is 2. The molecule has 1 heterocycles. The number of non-ortho nitro benzene ring substituents is 1. The van der Waals surface area contributed by atoms with Crippen LogP contribution in [0.5, 0.6) is 0 Å². The average Bonchev–Trinajstić information content (AvgIpc) is 2.83. The van der Waals surface area contributed by atoms with Gasteiger partial charge in [-0.05, 0) is 60.1 Å². The second-order valence-corrected chi connectivity index (χ2v) is 10.3. The molecule has 2 aromatic carbocycles. The monoisotopic (exact) mass is 459 g/mol. The molecule has 2 fully saturated rings. The Morgan fingerprint density at radius 2 is 1.59 bits per heavy atom. The Kier molecular flexibility index (Phi) is 6.27. The zero-order valence-electron chi connectivity index (χ0n) is 17.4. The number of carbonyl (C=O) groups excluding carboxylic acids is 1. The Morgan fingerprint density at radius 1 is 1.00 bits per heavy atom. The summed E-state index contributed by atoms with van der Waals surface area (Å²) in [5, 5.41) is 20.1. The van der Waals surface area contributed by atoms with Crippen LogP contribution in [0.1, 0.15) is 32.1 Å². The smallest absolute Gasteiger partial charge is 0.269 e. The second-order valence-electron chi connectivity index (χ2n) is 8.36. The third-order valence-corrected chi connectivity index (χ3v) is 8.55. The third kappa shape index (κ3) is 4.13. The van der Waals surface area contributed by atoms with Crippen molar-refractivity contribution in [3.8, 4) is 11.1 Å². The van der Waals surface area contributed by atoms with Crippen LogP contribution < -0.4 is 5.48 Å². The van der Waals surface area contributed by atoms with Crippen LogP contribution in [0.4, 0.5) is 5.69 Å². The number of carbonyl (C=O) groups is 1. The minimum absolute atomic E-state index is 0.0211. The summed E-state index contributed by atoms with van der Waals surface area (Å²) in [5.74, 6) is -0.520. The van der Waals surface area contributed by atoms with Gasteiger partial charge in [0, 0.05) is 18.7 Å². The zero-order valence-corrected chi connectivity index (χ0v) is 18.2. The Labute approximate surface area is 186 Å². The van der Waals surface area contributed by atoms with Crippen LogP contribution >= 0.6 is 0 Å². The van der Waals surface area contributed by atoms with Gasteiger partial charge in [-0.1, -0.05) is 31.4 Å². The lowest BCUT2D eigenvalue weighted by Gasteiger charge is -2.45. The molecule has 3 unspecified atom stereocenters. The molecule has 1 saturated heterocycles. The molecule has 0 aromatic heterocycles. The quantitative estimate of drug-likeness (QED) is 0.401. The van der Waals surface area contributed by atoms with Crippen molar-refractivity contribution in [1.29, 1.82) is 0 Å². The van der Waals surface area contributed by atoms with Gasteiger partial charge in [0.25, 0.3) is 11.6 Å². The molecule has 1 aliphatic heterocycles. The number of nitro groups is 1. The molecule has 9 nitrogen and oxygen atoms in total. The molecule has 3 atom stereocenters. The van der Waals surface area contributed by atoms with Crippen molar-refractivity contribution in [2.45, 2.75) is 43.0 Å².